The predicted molar refractivity (Wildman–Crippen MR) is 120 cm³/mol. The minimum atomic E-state index is 0.153. The molecule has 0 saturated carbocycles. The van der Waals surface area contributed by atoms with Gasteiger partial charge in [0.15, 0.2) is 0 Å². The summed E-state index contributed by atoms with van der Waals surface area (Å²) in [5.41, 5.74) is 2.33. The van der Waals surface area contributed by atoms with E-state index in [1.54, 1.807) is 11.8 Å². The maximum Gasteiger partial charge on any atom is 0.242 e. The Morgan fingerprint density at radius 2 is 1.68 bits per heavy atom. The van der Waals surface area contributed by atoms with Crippen molar-refractivity contribution in [1.82, 2.24) is 9.47 Å². The average Bonchev–Trinajstić information content (AvgIpc) is 2.98. The molecule has 0 radical (unpaired) electrons. The van der Waals surface area contributed by atoms with Crippen molar-refractivity contribution in [2.24, 2.45) is 0 Å². The summed E-state index contributed by atoms with van der Waals surface area (Å²) in [5, 5.41) is 1.94. The Kier molecular flexibility index (Phi) is 6.73. The van der Waals surface area contributed by atoms with Crippen LogP contribution in [0, 0.1) is 0 Å². The lowest BCUT2D eigenvalue weighted by molar-refractivity contribution is -0.135. The van der Waals surface area contributed by atoms with E-state index in [-0.39, 0.29) is 18.0 Å². The monoisotopic (exact) mass is 414 g/mol. The lowest BCUT2D eigenvalue weighted by Gasteiger charge is -2.31. The van der Waals surface area contributed by atoms with Gasteiger partial charge >= 0.3 is 0 Å². The Morgan fingerprint density at radius 1 is 1.04 bits per heavy atom. The number of fused-ring (bicyclic) bond motifs is 1. The molecule has 0 fully saturated rings. The van der Waals surface area contributed by atoms with Gasteiger partial charge in [-0.2, -0.15) is 0 Å². The number of hydrogen-bond acceptors (Lipinski definition) is 2. The maximum atomic E-state index is 12.9. The molecule has 1 aromatic heterocycles. The number of nitrogens with zero attached hydrogens (tertiary/aromatic N) is 2. The third kappa shape index (κ3) is 4.73. The predicted octanol–water partition coefficient (Wildman–Crippen LogP) is 6.23. The van der Waals surface area contributed by atoms with Gasteiger partial charge in [0.25, 0.3) is 0 Å². The minimum absolute atomic E-state index is 0.153. The topological polar surface area (TPSA) is 25.2 Å². The smallest absolute Gasteiger partial charge is 0.242 e. The molecule has 28 heavy (non-hydrogen) atoms. The zero-order chi connectivity index (χ0) is 20.3. The molecule has 0 aliphatic rings. The maximum absolute atomic E-state index is 12.9. The molecule has 2 aromatic carbocycles. The van der Waals surface area contributed by atoms with Crippen LogP contribution in [0.1, 0.15) is 33.3 Å². The van der Waals surface area contributed by atoms with Crippen LogP contribution in [-0.2, 0) is 17.1 Å². The fraction of sp³-hybridized carbons (Fsp3) is 0.348. The molecule has 148 valence electrons. The zero-order valence-electron chi connectivity index (χ0n) is 16.9. The van der Waals surface area contributed by atoms with Crippen molar-refractivity contribution in [3.05, 3.63) is 65.3 Å². The highest BCUT2D eigenvalue weighted by Crippen LogP contribution is 2.32. The molecular formula is C23H27ClN2OS. The van der Waals surface area contributed by atoms with Crippen molar-refractivity contribution in [3.63, 3.8) is 0 Å². The van der Waals surface area contributed by atoms with Crippen molar-refractivity contribution < 1.29 is 4.79 Å². The van der Waals surface area contributed by atoms with Gasteiger partial charge in [-0.05, 0) is 51.5 Å². The molecule has 0 atom stereocenters. The molecular weight excluding hydrogens is 388 g/mol. The van der Waals surface area contributed by atoms with E-state index in [0.29, 0.717) is 6.54 Å². The molecule has 0 aliphatic heterocycles. The van der Waals surface area contributed by atoms with E-state index in [9.17, 15) is 4.79 Å². The molecule has 1 amide bonds. The van der Waals surface area contributed by atoms with E-state index in [0.717, 1.165) is 16.3 Å². The number of rotatable bonds is 7. The van der Waals surface area contributed by atoms with Crippen LogP contribution in [0.4, 0.5) is 0 Å². The Labute approximate surface area is 176 Å². The molecule has 0 aliphatic carbocycles. The van der Waals surface area contributed by atoms with Crippen LogP contribution in [0.5, 0.6) is 0 Å². The molecule has 3 aromatic rings. The van der Waals surface area contributed by atoms with E-state index in [1.165, 1.54) is 15.8 Å². The molecule has 0 unspecified atom stereocenters. The summed E-state index contributed by atoms with van der Waals surface area (Å²) in [6.45, 7) is 8.63. The third-order valence-electron chi connectivity index (χ3n) is 4.77. The van der Waals surface area contributed by atoms with Gasteiger partial charge in [0.1, 0.15) is 6.54 Å². The lowest BCUT2D eigenvalue weighted by Crippen LogP contribution is -2.43. The highest BCUT2D eigenvalue weighted by atomic mass is 35.5. The van der Waals surface area contributed by atoms with E-state index in [1.807, 2.05) is 23.1 Å². The Morgan fingerprint density at radius 3 is 2.32 bits per heavy atom. The summed E-state index contributed by atoms with van der Waals surface area (Å²) in [5.74, 6) is 1.02. The molecule has 3 nitrogen and oxygen atoms in total. The van der Waals surface area contributed by atoms with Gasteiger partial charge in [0.2, 0.25) is 5.91 Å². The van der Waals surface area contributed by atoms with Crippen LogP contribution in [-0.4, -0.2) is 27.5 Å². The van der Waals surface area contributed by atoms with Gasteiger partial charge < -0.3 is 9.47 Å². The van der Waals surface area contributed by atoms with Crippen LogP contribution >= 0.6 is 23.4 Å². The molecule has 5 heteroatoms. The van der Waals surface area contributed by atoms with Crippen molar-refractivity contribution in [3.8, 4) is 0 Å². The second kappa shape index (κ2) is 9.06. The first kappa shape index (κ1) is 20.8. The first-order chi connectivity index (χ1) is 13.4. The summed E-state index contributed by atoms with van der Waals surface area (Å²) in [6, 6.07) is 16.6. The highest BCUT2D eigenvalue weighted by Gasteiger charge is 2.21. The number of hydrogen-bond donors (Lipinski definition) is 0. The lowest BCUT2D eigenvalue weighted by atomic mass is 10.2. The average molecular weight is 415 g/mol. The quantitative estimate of drug-likeness (QED) is 0.428. The van der Waals surface area contributed by atoms with Gasteiger partial charge in [0.05, 0.1) is 0 Å². The second-order valence-corrected chi connectivity index (χ2v) is 9.00. The standard InChI is InChI=1S/C23H27ClN2OS/c1-16(2)26(17(3)4)23(27)14-25-13-22(20-7-5-6-8-21(20)25)28-15-18-9-11-19(24)12-10-18/h5-13,16-17H,14-15H2,1-4H3. The van der Waals surface area contributed by atoms with Crippen molar-refractivity contribution in [1.29, 1.82) is 0 Å². The SMILES string of the molecule is CC(C)N(C(=O)Cn1cc(SCc2ccc(Cl)cc2)c2ccccc21)C(C)C. The van der Waals surface area contributed by atoms with Crippen molar-refractivity contribution in [2.75, 3.05) is 0 Å². The van der Waals surface area contributed by atoms with E-state index < -0.39 is 0 Å². The van der Waals surface area contributed by atoms with Crippen LogP contribution in [0.15, 0.2) is 59.6 Å². The second-order valence-electron chi connectivity index (χ2n) is 7.54. The first-order valence-electron chi connectivity index (χ1n) is 9.63. The zero-order valence-corrected chi connectivity index (χ0v) is 18.4. The number of aromatic nitrogens is 1. The van der Waals surface area contributed by atoms with Crippen molar-refractivity contribution >= 4 is 40.2 Å². The Balaban J connectivity index is 1.84. The van der Waals surface area contributed by atoms with Crippen LogP contribution in [0.2, 0.25) is 5.02 Å². The van der Waals surface area contributed by atoms with Gasteiger partial charge in [0, 0.05) is 44.9 Å². The first-order valence-corrected chi connectivity index (χ1v) is 11.0. The number of thioether (sulfide) groups is 1. The largest absolute Gasteiger partial charge is 0.337 e. The van der Waals surface area contributed by atoms with Crippen LogP contribution < -0.4 is 0 Å². The Hall–Kier alpha value is -1.91. The van der Waals surface area contributed by atoms with E-state index in [2.05, 4.69) is 68.8 Å². The molecule has 0 N–H and O–H groups in total. The van der Waals surface area contributed by atoms with Crippen molar-refractivity contribution in [2.45, 2.75) is 57.0 Å². The third-order valence-corrected chi connectivity index (χ3v) is 6.13. The van der Waals surface area contributed by atoms with E-state index >= 15 is 0 Å². The Bertz CT molecular complexity index is 939. The summed E-state index contributed by atoms with van der Waals surface area (Å²) in [6.07, 6.45) is 2.11. The van der Waals surface area contributed by atoms with Crippen LogP contribution in [0.25, 0.3) is 10.9 Å². The number of benzene rings is 2. The highest BCUT2D eigenvalue weighted by molar-refractivity contribution is 7.98. The van der Waals surface area contributed by atoms with Gasteiger partial charge in [-0.3, -0.25) is 4.79 Å². The number of carbonyl (C=O) groups excluding carboxylic acids is 1. The summed E-state index contributed by atoms with van der Waals surface area (Å²) in [7, 11) is 0. The van der Waals surface area contributed by atoms with Gasteiger partial charge in [-0.1, -0.05) is 41.9 Å². The van der Waals surface area contributed by atoms with Crippen LogP contribution in [0.3, 0.4) is 0 Å². The molecule has 0 spiro atoms. The number of para-hydroxylation sites is 1. The molecule has 0 saturated heterocycles. The number of amides is 1. The summed E-state index contributed by atoms with van der Waals surface area (Å²) < 4.78 is 2.08. The fourth-order valence-electron chi connectivity index (χ4n) is 3.60. The van der Waals surface area contributed by atoms with Gasteiger partial charge in [-0.15, -0.1) is 11.8 Å². The number of carbonyl (C=O) groups is 1. The summed E-state index contributed by atoms with van der Waals surface area (Å²) in [4.78, 5) is 16.1. The minimum Gasteiger partial charge on any atom is -0.337 e. The fourth-order valence-corrected chi connectivity index (χ4v) is 4.77. The summed E-state index contributed by atoms with van der Waals surface area (Å²) >= 11 is 7.77. The molecule has 0 bridgehead atoms. The van der Waals surface area contributed by atoms with E-state index in [4.69, 9.17) is 11.6 Å². The molecule has 3 rings (SSSR count). The van der Waals surface area contributed by atoms with Gasteiger partial charge in [-0.25, -0.2) is 0 Å². The normalized spacial score (nSPS) is 11.5. The number of halogens is 1. The molecule has 1 heterocycles.